The van der Waals surface area contributed by atoms with E-state index in [4.69, 9.17) is 0 Å². The van der Waals surface area contributed by atoms with Crippen LogP contribution in [0.25, 0.3) is 0 Å². The number of unbranched alkanes of at least 4 members (excludes halogenated alkanes) is 3. The van der Waals surface area contributed by atoms with Crippen molar-refractivity contribution in [2.75, 3.05) is 0 Å². The normalized spacial score (nSPS) is 14.0. The molecule has 0 spiro atoms. The molecule has 0 amide bonds. The summed E-state index contributed by atoms with van der Waals surface area (Å²) < 4.78 is 0. The first-order chi connectivity index (χ1) is 4.27. The Hall–Kier alpha value is 0.217. The second kappa shape index (κ2) is 6.34. The van der Waals surface area contributed by atoms with Gasteiger partial charge in [-0.2, -0.15) is 0 Å². The third kappa shape index (κ3) is 8.22. The van der Waals surface area contributed by atoms with Gasteiger partial charge in [-0.15, -0.1) is 0 Å². The maximum Gasteiger partial charge on any atom is 0.00672 e. The second-order valence-electron chi connectivity index (χ2n) is 2.95. The predicted octanol–water partition coefficient (Wildman–Crippen LogP) is 1.94. The van der Waals surface area contributed by atoms with E-state index < -0.39 is 0 Å². The molecule has 0 heterocycles. The van der Waals surface area contributed by atoms with Crippen LogP contribution >= 0.6 is 0 Å². The molecule has 1 unspecified atom stereocenters. The first kappa shape index (κ1) is 9.22. The van der Waals surface area contributed by atoms with E-state index in [1.807, 2.05) is 0 Å². The molecule has 0 aliphatic carbocycles. The molecular weight excluding hydrogens is 124 g/mol. The van der Waals surface area contributed by atoms with Crippen molar-refractivity contribution in [3.05, 3.63) is 6.92 Å². The van der Waals surface area contributed by atoms with Gasteiger partial charge in [-0.1, -0.05) is 51.5 Å². The summed E-state index contributed by atoms with van der Waals surface area (Å²) >= 11 is 0. The average Bonchev–Trinajstić information content (AvgIpc) is 1.80. The molecule has 1 radical (unpaired) electrons. The van der Waals surface area contributed by atoms with Crippen molar-refractivity contribution in [3.63, 3.8) is 0 Å². The average molecular weight is 143 g/mol. The molecule has 0 fully saturated rings. The lowest BCUT2D eigenvalue weighted by Gasteiger charge is -2.01. The standard InChI is InChI=1S/C8H19Si/c1-3-4-5-6-7-8(2)9/h8H,2-7H2,1,9H3. The first-order valence-corrected chi connectivity index (χ1v) is 5.26. The largest absolute Gasteiger partial charge is 0.0654 e. The molecule has 0 N–H and O–H groups in total. The van der Waals surface area contributed by atoms with Crippen molar-refractivity contribution in [2.45, 2.75) is 44.6 Å². The monoisotopic (exact) mass is 143 g/mol. The Morgan fingerprint density at radius 3 is 2.44 bits per heavy atom. The fourth-order valence-corrected chi connectivity index (χ4v) is 1.33. The predicted molar refractivity (Wildman–Crippen MR) is 47.8 cm³/mol. The Bertz CT molecular complexity index is 50.5. The molecule has 9 heavy (non-hydrogen) atoms. The third-order valence-electron chi connectivity index (χ3n) is 1.55. The zero-order valence-electron chi connectivity index (χ0n) is 6.82. The van der Waals surface area contributed by atoms with Crippen molar-refractivity contribution in [3.8, 4) is 0 Å². The Labute approximate surface area is 62.5 Å². The smallest absolute Gasteiger partial charge is 0.00672 e. The highest BCUT2D eigenvalue weighted by atomic mass is 28.1. The molecule has 55 valence electrons. The zero-order chi connectivity index (χ0) is 7.11. The summed E-state index contributed by atoms with van der Waals surface area (Å²) in [6, 6.07) is 0. The fraction of sp³-hybridized carbons (Fsp3) is 0.875. The minimum absolute atomic E-state index is 0.793. The maximum atomic E-state index is 4.00. The van der Waals surface area contributed by atoms with Crippen LogP contribution in [0.4, 0.5) is 0 Å². The van der Waals surface area contributed by atoms with Gasteiger partial charge in [0.2, 0.25) is 0 Å². The van der Waals surface area contributed by atoms with Crippen LogP contribution in [0, 0.1) is 6.92 Å². The van der Waals surface area contributed by atoms with Crippen molar-refractivity contribution in [1.29, 1.82) is 0 Å². The quantitative estimate of drug-likeness (QED) is 0.407. The van der Waals surface area contributed by atoms with Crippen LogP contribution in [-0.4, -0.2) is 10.2 Å². The van der Waals surface area contributed by atoms with E-state index >= 15 is 0 Å². The lowest BCUT2D eigenvalue weighted by Crippen LogP contribution is -1.85. The van der Waals surface area contributed by atoms with Gasteiger partial charge in [-0.05, 0) is 0 Å². The van der Waals surface area contributed by atoms with Gasteiger partial charge < -0.3 is 0 Å². The molecule has 0 aliphatic rings. The zero-order valence-corrected chi connectivity index (χ0v) is 8.82. The highest BCUT2D eigenvalue weighted by molar-refractivity contribution is 6.12. The molecule has 0 aromatic rings. The van der Waals surface area contributed by atoms with E-state index in [2.05, 4.69) is 13.8 Å². The highest BCUT2D eigenvalue weighted by Gasteiger charge is 1.92. The molecule has 0 aliphatic heterocycles. The maximum absolute atomic E-state index is 4.00. The van der Waals surface area contributed by atoms with Gasteiger partial charge in [0.05, 0.1) is 0 Å². The molecular formula is C8H19Si. The summed E-state index contributed by atoms with van der Waals surface area (Å²) in [5, 5.41) is 0. The molecule has 0 aromatic heterocycles. The molecule has 1 heteroatoms. The van der Waals surface area contributed by atoms with E-state index in [0.717, 1.165) is 5.54 Å². The summed E-state index contributed by atoms with van der Waals surface area (Å²) in [7, 11) is 1.28. The lowest BCUT2D eigenvalue weighted by atomic mass is 10.1. The molecule has 0 nitrogen and oxygen atoms in total. The SMILES string of the molecule is [CH2]C([SiH3])CCCCCC. The van der Waals surface area contributed by atoms with Gasteiger partial charge in [0, 0.05) is 10.2 Å². The van der Waals surface area contributed by atoms with Crippen LogP contribution in [0.5, 0.6) is 0 Å². The van der Waals surface area contributed by atoms with Gasteiger partial charge in [-0.3, -0.25) is 0 Å². The van der Waals surface area contributed by atoms with Crippen molar-refractivity contribution >= 4 is 10.2 Å². The van der Waals surface area contributed by atoms with Crippen LogP contribution in [0.15, 0.2) is 0 Å². The van der Waals surface area contributed by atoms with Crippen LogP contribution in [0.2, 0.25) is 5.54 Å². The summed E-state index contributed by atoms with van der Waals surface area (Å²) in [6.45, 7) is 6.25. The van der Waals surface area contributed by atoms with E-state index in [-0.39, 0.29) is 0 Å². The molecule has 1 atom stereocenters. The van der Waals surface area contributed by atoms with Gasteiger partial charge >= 0.3 is 0 Å². The van der Waals surface area contributed by atoms with Crippen molar-refractivity contribution in [2.24, 2.45) is 0 Å². The minimum Gasteiger partial charge on any atom is -0.0654 e. The molecule has 0 saturated heterocycles. The Morgan fingerprint density at radius 1 is 1.33 bits per heavy atom. The van der Waals surface area contributed by atoms with E-state index in [1.165, 1.54) is 42.3 Å². The summed E-state index contributed by atoms with van der Waals surface area (Å²) in [5.74, 6) is 0. The molecule has 0 rings (SSSR count). The summed E-state index contributed by atoms with van der Waals surface area (Å²) in [4.78, 5) is 0. The lowest BCUT2D eigenvalue weighted by molar-refractivity contribution is 0.636. The fourth-order valence-electron chi connectivity index (χ4n) is 0.920. The van der Waals surface area contributed by atoms with Gasteiger partial charge in [-0.25, -0.2) is 0 Å². The van der Waals surface area contributed by atoms with Crippen molar-refractivity contribution < 1.29 is 0 Å². The molecule has 0 saturated carbocycles. The van der Waals surface area contributed by atoms with Gasteiger partial charge in [0.15, 0.2) is 0 Å². The van der Waals surface area contributed by atoms with Gasteiger partial charge in [0.25, 0.3) is 0 Å². The van der Waals surface area contributed by atoms with Crippen LogP contribution in [0.1, 0.15) is 39.0 Å². The van der Waals surface area contributed by atoms with Crippen LogP contribution in [0.3, 0.4) is 0 Å². The number of hydrogen-bond acceptors (Lipinski definition) is 0. The summed E-state index contributed by atoms with van der Waals surface area (Å²) in [5.41, 5.74) is 0.793. The van der Waals surface area contributed by atoms with Gasteiger partial charge in [0.1, 0.15) is 0 Å². The second-order valence-corrected chi connectivity index (χ2v) is 4.59. The number of rotatable bonds is 5. The van der Waals surface area contributed by atoms with E-state index in [9.17, 15) is 0 Å². The van der Waals surface area contributed by atoms with E-state index in [0.29, 0.717) is 0 Å². The highest BCUT2D eigenvalue weighted by Crippen LogP contribution is 2.10. The van der Waals surface area contributed by atoms with Crippen molar-refractivity contribution in [1.82, 2.24) is 0 Å². The van der Waals surface area contributed by atoms with E-state index in [1.54, 1.807) is 0 Å². The Balaban J connectivity index is 2.75. The Morgan fingerprint density at radius 2 is 2.00 bits per heavy atom. The Kier molecular flexibility index (Phi) is 6.49. The minimum atomic E-state index is 0.793. The number of hydrogen-bond donors (Lipinski definition) is 0. The van der Waals surface area contributed by atoms with Crippen LogP contribution in [-0.2, 0) is 0 Å². The van der Waals surface area contributed by atoms with Crippen LogP contribution < -0.4 is 0 Å². The summed E-state index contributed by atoms with van der Waals surface area (Å²) in [6.07, 6.45) is 6.96. The molecule has 0 aromatic carbocycles. The third-order valence-corrected chi connectivity index (χ3v) is 2.13. The molecule has 0 bridgehead atoms. The first-order valence-electron chi connectivity index (χ1n) is 4.10. The topological polar surface area (TPSA) is 0 Å².